The van der Waals surface area contributed by atoms with Crippen molar-refractivity contribution in [3.8, 4) is 5.75 Å². The van der Waals surface area contributed by atoms with E-state index < -0.39 is 0 Å². The summed E-state index contributed by atoms with van der Waals surface area (Å²) in [6, 6.07) is 6.72. The molecule has 3 N–H and O–H groups in total. The fraction of sp³-hybridized carbons (Fsp3) is 0.467. The Morgan fingerprint density at radius 1 is 1.43 bits per heavy atom. The van der Waals surface area contributed by atoms with E-state index in [1.165, 1.54) is 0 Å². The van der Waals surface area contributed by atoms with Crippen LogP contribution in [0.2, 0.25) is 0 Å². The third kappa shape index (κ3) is 3.95. The second kappa shape index (κ2) is 7.08. The lowest BCUT2D eigenvalue weighted by Crippen LogP contribution is -2.30. The zero-order valence-electron chi connectivity index (χ0n) is 12.2. The molecule has 1 aliphatic rings. The molecule has 1 aromatic carbocycles. The maximum atomic E-state index is 11.8. The number of carbonyl (C=O) groups excluding carboxylic acids is 2. The van der Waals surface area contributed by atoms with E-state index in [1.807, 2.05) is 4.90 Å². The van der Waals surface area contributed by atoms with E-state index in [4.69, 9.17) is 10.6 Å². The Morgan fingerprint density at radius 3 is 2.71 bits per heavy atom. The van der Waals surface area contributed by atoms with Gasteiger partial charge in [0.2, 0.25) is 5.91 Å². The first kappa shape index (κ1) is 15.3. The third-order valence-electron chi connectivity index (χ3n) is 3.75. The zero-order chi connectivity index (χ0) is 15.2. The van der Waals surface area contributed by atoms with Crippen LogP contribution in [0.4, 0.5) is 0 Å². The van der Waals surface area contributed by atoms with Gasteiger partial charge in [-0.2, -0.15) is 0 Å². The van der Waals surface area contributed by atoms with Crippen molar-refractivity contribution in [2.45, 2.75) is 19.8 Å². The van der Waals surface area contributed by atoms with Crippen LogP contribution in [0.15, 0.2) is 24.3 Å². The molecule has 1 aliphatic heterocycles. The molecule has 6 nitrogen and oxygen atoms in total. The predicted molar refractivity (Wildman–Crippen MR) is 78.6 cm³/mol. The standard InChI is InChI=1S/C15H21N3O3/c1-2-11-9-14(19)18(10-11)7-8-21-13-5-3-12(4-6-13)15(20)17-16/h3-6,11H,2,7-10,16H2,1H3,(H,17,20). The average Bonchev–Trinajstić information content (AvgIpc) is 2.87. The van der Waals surface area contributed by atoms with E-state index in [1.54, 1.807) is 24.3 Å². The van der Waals surface area contributed by atoms with Crippen LogP contribution in [0.1, 0.15) is 30.1 Å². The molecule has 114 valence electrons. The van der Waals surface area contributed by atoms with Crippen molar-refractivity contribution in [1.29, 1.82) is 0 Å². The monoisotopic (exact) mass is 291 g/mol. The number of hydrazine groups is 1. The van der Waals surface area contributed by atoms with E-state index in [2.05, 4.69) is 12.3 Å². The minimum absolute atomic E-state index is 0.209. The second-order valence-electron chi connectivity index (χ2n) is 5.16. The van der Waals surface area contributed by atoms with Crippen LogP contribution < -0.4 is 16.0 Å². The summed E-state index contributed by atoms with van der Waals surface area (Å²) < 4.78 is 5.60. The molecule has 1 atom stereocenters. The number of benzene rings is 1. The molecule has 6 heteroatoms. The summed E-state index contributed by atoms with van der Waals surface area (Å²) in [6.07, 6.45) is 1.69. The van der Waals surface area contributed by atoms with Crippen LogP contribution in [0, 0.1) is 5.92 Å². The number of hydrogen-bond acceptors (Lipinski definition) is 4. The van der Waals surface area contributed by atoms with E-state index in [-0.39, 0.29) is 11.8 Å². The summed E-state index contributed by atoms with van der Waals surface area (Å²) in [6.45, 7) is 3.98. The number of nitrogens with zero attached hydrogens (tertiary/aromatic N) is 1. The van der Waals surface area contributed by atoms with E-state index in [9.17, 15) is 9.59 Å². The minimum atomic E-state index is -0.338. The Bertz CT molecular complexity index is 501. The second-order valence-corrected chi connectivity index (χ2v) is 5.16. The Morgan fingerprint density at radius 2 is 2.14 bits per heavy atom. The van der Waals surface area contributed by atoms with Gasteiger partial charge in [-0.1, -0.05) is 13.3 Å². The lowest BCUT2D eigenvalue weighted by molar-refractivity contribution is -0.128. The van der Waals surface area contributed by atoms with Crippen LogP contribution in [0.25, 0.3) is 0 Å². The van der Waals surface area contributed by atoms with Crippen LogP contribution in [0.5, 0.6) is 5.75 Å². The van der Waals surface area contributed by atoms with Crippen LogP contribution >= 0.6 is 0 Å². The topological polar surface area (TPSA) is 84.7 Å². The van der Waals surface area contributed by atoms with E-state index in [0.29, 0.717) is 36.8 Å². The number of ether oxygens (including phenoxy) is 1. The van der Waals surface area contributed by atoms with Crippen molar-refractivity contribution < 1.29 is 14.3 Å². The van der Waals surface area contributed by atoms with Gasteiger partial charge in [0, 0.05) is 18.5 Å². The summed E-state index contributed by atoms with van der Waals surface area (Å²) in [5.41, 5.74) is 2.55. The molecule has 0 aromatic heterocycles. The van der Waals surface area contributed by atoms with Gasteiger partial charge in [0.1, 0.15) is 12.4 Å². The summed E-state index contributed by atoms with van der Waals surface area (Å²) in [7, 11) is 0. The van der Waals surface area contributed by atoms with Gasteiger partial charge < -0.3 is 9.64 Å². The zero-order valence-corrected chi connectivity index (χ0v) is 12.2. The molecule has 0 aliphatic carbocycles. The maximum absolute atomic E-state index is 11.8. The molecule has 1 unspecified atom stereocenters. The molecule has 0 saturated carbocycles. The van der Waals surface area contributed by atoms with Crippen molar-refractivity contribution >= 4 is 11.8 Å². The molecule has 0 bridgehead atoms. The van der Waals surface area contributed by atoms with Crippen LogP contribution in [-0.4, -0.2) is 36.4 Å². The highest BCUT2D eigenvalue weighted by Gasteiger charge is 2.27. The fourth-order valence-electron chi connectivity index (χ4n) is 2.40. The highest BCUT2D eigenvalue weighted by atomic mass is 16.5. The number of nitrogens with two attached hydrogens (primary N) is 1. The third-order valence-corrected chi connectivity index (χ3v) is 3.75. The molecule has 1 aromatic rings. The summed E-state index contributed by atoms with van der Waals surface area (Å²) in [5.74, 6) is 6.08. The number of carbonyl (C=O) groups is 2. The van der Waals surface area contributed by atoms with E-state index in [0.717, 1.165) is 13.0 Å². The first-order chi connectivity index (χ1) is 10.1. The van der Waals surface area contributed by atoms with Gasteiger partial charge in [0.15, 0.2) is 0 Å². The first-order valence-electron chi connectivity index (χ1n) is 7.15. The van der Waals surface area contributed by atoms with Gasteiger partial charge in [-0.3, -0.25) is 15.0 Å². The average molecular weight is 291 g/mol. The highest BCUT2D eigenvalue weighted by molar-refractivity contribution is 5.93. The number of hydrogen-bond donors (Lipinski definition) is 2. The van der Waals surface area contributed by atoms with Gasteiger partial charge in [-0.05, 0) is 30.2 Å². The number of nitrogens with one attached hydrogen (secondary N) is 1. The smallest absolute Gasteiger partial charge is 0.265 e. The van der Waals surface area contributed by atoms with Gasteiger partial charge in [-0.15, -0.1) is 0 Å². The molecule has 21 heavy (non-hydrogen) atoms. The molecule has 1 saturated heterocycles. The van der Waals surface area contributed by atoms with Gasteiger partial charge >= 0.3 is 0 Å². The van der Waals surface area contributed by atoms with Crippen molar-refractivity contribution in [2.75, 3.05) is 19.7 Å². The molecule has 2 amide bonds. The quantitative estimate of drug-likeness (QED) is 0.464. The number of nitrogen functional groups attached to an aromatic ring is 1. The Balaban J connectivity index is 1.78. The van der Waals surface area contributed by atoms with Gasteiger partial charge in [0.25, 0.3) is 5.91 Å². The summed E-state index contributed by atoms with van der Waals surface area (Å²) in [4.78, 5) is 24.9. The molecular weight excluding hydrogens is 270 g/mol. The molecular formula is C15H21N3O3. The summed E-state index contributed by atoms with van der Waals surface area (Å²) in [5, 5.41) is 0. The van der Waals surface area contributed by atoms with Crippen molar-refractivity contribution in [3.63, 3.8) is 0 Å². The minimum Gasteiger partial charge on any atom is -0.492 e. The largest absolute Gasteiger partial charge is 0.492 e. The number of likely N-dealkylation sites (tertiary alicyclic amines) is 1. The first-order valence-corrected chi connectivity index (χ1v) is 7.15. The lowest BCUT2D eigenvalue weighted by atomic mass is 10.1. The van der Waals surface area contributed by atoms with Crippen molar-refractivity contribution in [3.05, 3.63) is 29.8 Å². The predicted octanol–water partition coefficient (Wildman–Crippen LogP) is 0.927. The van der Waals surface area contributed by atoms with E-state index >= 15 is 0 Å². The fourth-order valence-corrected chi connectivity index (χ4v) is 2.40. The van der Waals surface area contributed by atoms with Gasteiger partial charge in [0.05, 0.1) is 6.54 Å². The van der Waals surface area contributed by atoms with Crippen molar-refractivity contribution in [1.82, 2.24) is 10.3 Å². The molecule has 0 radical (unpaired) electrons. The number of amides is 2. The Hall–Kier alpha value is -2.08. The highest BCUT2D eigenvalue weighted by Crippen LogP contribution is 2.20. The Kier molecular flexibility index (Phi) is 5.16. The summed E-state index contributed by atoms with van der Waals surface area (Å²) >= 11 is 0. The van der Waals surface area contributed by atoms with Gasteiger partial charge in [-0.25, -0.2) is 5.84 Å². The maximum Gasteiger partial charge on any atom is 0.265 e. The molecule has 1 heterocycles. The number of rotatable bonds is 6. The molecule has 0 spiro atoms. The van der Waals surface area contributed by atoms with Crippen molar-refractivity contribution in [2.24, 2.45) is 11.8 Å². The lowest BCUT2D eigenvalue weighted by Gasteiger charge is -2.16. The van der Waals surface area contributed by atoms with Crippen LogP contribution in [-0.2, 0) is 4.79 Å². The Labute approximate surface area is 124 Å². The van der Waals surface area contributed by atoms with Crippen LogP contribution in [0.3, 0.4) is 0 Å². The molecule has 2 rings (SSSR count). The SMILES string of the molecule is CCC1CC(=O)N(CCOc2ccc(C(=O)NN)cc2)C1. The normalized spacial score (nSPS) is 17.9. The molecule has 1 fully saturated rings.